The zero-order valence-corrected chi connectivity index (χ0v) is 20.4. The molecule has 1 N–H and O–H groups in total. The van der Waals surface area contributed by atoms with Gasteiger partial charge in [0.1, 0.15) is 18.3 Å². The van der Waals surface area contributed by atoms with Crippen LogP contribution in [-0.2, 0) is 28.5 Å². The maximum Gasteiger partial charge on any atom is 0.252 e. The smallest absolute Gasteiger partial charge is 0.252 e. The molecule has 7 nitrogen and oxygen atoms in total. The molecule has 0 radical (unpaired) electrons. The molecule has 0 bridgehead atoms. The van der Waals surface area contributed by atoms with Crippen LogP contribution in [-0.4, -0.2) is 54.7 Å². The van der Waals surface area contributed by atoms with E-state index in [0.29, 0.717) is 6.54 Å². The van der Waals surface area contributed by atoms with Crippen molar-refractivity contribution in [2.24, 2.45) is 0 Å². The number of carbonyl (C=O) groups excluding carboxylic acids is 1. The van der Waals surface area contributed by atoms with Gasteiger partial charge in [0, 0.05) is 32.2 Å². The largest absolute Gasteiger partial charge is 0.354 e. The predicted octanol–water partition coefficient (Wildman–Crippen LogP) is 4.71. The number of hydrogen-bond donors (Lipinski definition) is 1. The van der Waals surface area contributed by atoms with Gasteiger partial charge in [0.05, 0.1) is 0 Å². The lowest BCUT2D eigenvalue weighted by atomic mass is 9.94. The Bertz CT molecular complexity index is 659. The second-order valence-corrected chi connectivity index (χ2v) is 10.8. The van der Waals surface area contributed by atoms with Gasteiger partial charge in [-0.3, -0.25) is 4.79 Å². The average Bonchev–Trinajstić information content (AvgIpc) is 3.36. The third kappa shape index (κ3) is 5.13. The van der Waals surface area contributed by atoms with Gasteiger partial charge in [-0.05, 0) is 32.1 Å². The zero-order valence-electron chi connectivity index (χ0n) is 20.4. The summed E-state index contributed by atoms with van der Waals surface area (Å²) in [5.74, 6) is -1.30. The molecule has 0 aromatic heterocycles. The molecule has 33 heavy (non-hydrogen) atoms. The van der Waals surface area contributed by atoms with Gasteiger partial charge in [0.25, 0.3) is 5.91 Å². The van der Waals surface area contributed by atoms with E-state index in [-0.39, 0.29) is 18.1 Å². The lowest BCUT2D eigenvalue weighted by molar-refractivity contribution is -0.247. The minimum absolute atomic E-state index is 0.110. The highest BCUT2D eigenvalue weighted by molar-refractivity contribution is 5.81. The van der Waals surface area contributed by atoms with Gasteiger partial charge in [0.15, 0.2) is 24.0 Å². The summed E-state index contributed by atoms with van der Waals surface area (Å²) in [5, 5.41) is 3.10. The Morgan fingerprint density at radius 2 is 1.30 bits per heavy atom. The van der Waals surface area contributed by atoms with E-state index in [1.165, 1.54) is 38.5 Å². The van der Waals surface area contributed by atoms with E-state index < -0.39 is 30.1 Å². The summed E-state index contributed by atoms with van der Waals surface area (Å²) in [6.45, 7) is 2.90. The number of hydrogen-bond acceptors (Lipinski definition) is 6. The topological polar surface area (TPSA) is 75.3 Å². The average molecular weight is 466 g/mol. The highest BCUT2D eigenvalue weighted by Gasteiger charge is 2.65. The van der Waals surface area contributed by atoms with Crippen molar-refractivity contribution < 1.29 is 28.5 Å². The fourth-order valence-corrected chi connectivity index (χ4v) is 6.39. The quantitative estimate of drug-likeness (QED) is 0.524. The molecular formula is C26H43NO6. The number of amides is 1. The second-order valence-electron chi connectivity index (χ2n) is 10.8. The zero-order chi connectivity index (χ0) is 22.7. The van der Waals surface area contributed by atoms with E-state index in [0.717, 1.165) is 64.2 Å². The van der Waals surface area contributed by atoms with E-state index >= 15 is 0 Å². The van der Waals surface area contributed by atoms with Gasteiger partial charge >= 0.3 is 0 Å². The summed E-state index contributed by atoms with van der Waals surface area (Å²) in [5.41, 5.74) is 0. The standard InChI is InChI=1S/C26H43NO6/c1-2-3-4-5-6-13-18-27-23(28)21-19-20(31-25(30-19)14-9-7-10-15-25)22-24(29-21)33-26(32-22)16-11-8-12-17-26/h19-22,24H,2-18H2,1H3,(H,27,28)/t19-,20+,21-,22-,24+/m1/s1. The van der Waals surface area contributed by atoms with Crippen LogP contribution in [0.5, 0.6) is 0 Å². The van der Waals surface area contributed by atoms with E-state index in [4.69, 9.17) is 23.7 Å². The molecule has 2 aliphatic carbocycles. The highest BCUT2D eigenvalue weighted by Crippen LogP contribution is 2.50. The van der Waals surface area contributed by atoms with Crippen LogP contribution in [0.1, 0.15) is 110 Å². The van der Waals surface area contributed by atoms with Crippen molar-refractivity contribution >= 4 is 5.91 Å². The van der Waals surface area contributed by atoms with E-state index in [9.17, 15) is 4.79 Å². The van der Waals surface area contributed by atoms with E-state index in [1.54, 1.807) is 0 Å². The van der Waals surface area contributed by atoms with Crippen molar-refractivity contribution in [3.8, 4) is 0 Å². The SMILES string of the molecule is CCCCCCCCNC(=O)[C@@H]1O[C@H]2OC3(CCCCC3)O[C@@H]2[C@H]2OC3(CCCCC3)O[C@H]21. The van der Waals surface area contributed by atoms with Crippen LogP contribution in [0.15, 0.2) is 0 Å². The van der Waals surface area contributed by atoms with Crippen LogP contribution < -0.4 is 5.32 Å². The van der Waals surface area contributed by atoms with Gasteiger partial charge < -0.3 is 29.0 Å². The van der Waals surface area contributed by atoms with E-state index in [1.807, 2.05) is 0 Å². The Balaban J connectivity index is 1.24. The number of carbonyl (C=O) groups is 1. The van der Waals surface area contributed by atoms with Gasteiger partial charge in [0.2, 0.25) is 0 Å². The molecule has 3 heterocycles. The maximum atomic E-state index is 13.2. The lowest BCUT2D eigenvalue weighted by Crippen LogP contribution is -2.59. The fourth-order valence-electron chi connectivity index (χ4n) is 6.39. The molecular weight excluding hydrogens is 422 g/mol. The predicted molar refractivity (Wildman–Crippen MR) is 122 cm³/mol. The lowest BCUT2D eigenvalue weighted by Gasteiger charge is -2.36. The Kier molecular flexibility index (Phi) is 7.62. The molecule has 5 aliphatic rings. The molecule has 0 unspecified atom stereocenters. The number of unbranched alkanes of at least 4 members (excludes halogenated alkanes) is 5. The second kappa shape index (κ2) is 10.5. The molecule has 0 aromatic rings. The molecule has 188 valence electrons. The van der Waals surface area contributed by atoms with Crippen molar-refractivity contribution in [3.63, 3.8) is 0 Å². The number of ether oxygens (including phenoxy) is 5. The van der Waals surface area contributed by atoms with Gasteiger partial charge in [-0.25, -0.2) is 0 Å². The van der Waals surface area contributed by atoms with Gasteiger partial charge in [-0.2, -0.15) is 0 Å². The molecule has 3 aliphatic heterocycles. The van der Waals surface area contributed by atoms with Crippen molar-refractivity contribution in [1.82, 2.24) is 5.32 Å². The highest BCUT2D eigenvalue weighted by atomic mass is 16.9. The van der Waals surface area contributed by atoms with Crippen molar-refractivity contribution in [3.05, 3.63) is 0 Å². The minimum Gasteiger partial charge on any atom is -0.354 e. The first-order valence-electron chi connectivity index (χ1n) is 13.8. The van der Waals surface area contributed by atoms with Gasteiger partial charge in [-0.15, -0.1) is 0 Å². The summed E-state index contributed by atoms with van der Waals surface area (Å²) >= 11 is 0. The first kappa shape index (κ1) is 24.0. The summed E-state index contributed by atoms with van der Waals surface area (Å²) < 4.78 is 32.4. The molecule has 0 aromatic carbocycles. The Labute approximate surface area is 198 Å². The van der Waals surface area contributed by atoms with Crippen molar-refractivity contribution in [2.45, 2.75) is 152 Å². The minimum atomic E-state index is -0.722. The first-order chi connectivity index (χ1) is 16.1. The number of rotatable bonds is 8. The third-order valence-corrected chi connectivity index (χ3v) is 8.20. The molecule has 2 spiro atoms. The molecule has 3 saturated heterocycles. The Morgan fingerprint density at radius 3 is 2.00 bits per heavy atom. The van der Waals surface area contributed by atoms with Crippen LogP contribution in [0.4, 0.5) is 0 Å². The third-order valence-electron chi connectivity index (χ3n) is 8.20. The van der Waals surface area contributed by atoms with Crippen molar-refractivity contribution in [2.75, 3.05) is 6.54 Å². The van der Waals surface area contributed by atoms with Crippen LogP contribution in [0, 0.1) is 0 Å². The number of nitrogens with one attached hydrogen (secondary N) is 1. The molecule has 2 saturated carbocycles. The maximum absolute atomic E-state index is 13.2. The summed E-state index contributed by atoms with van der Waals surface area (Å²) in [6.07, 6.45) is 15.0. The molecule has 5 fully saturated rings. The summed E-state index contributed by atoms with van der Waals surface area (Å²) in [4.78, 5) is 13.2. The van der Waals surface area contributed by atoms with Crippen LogP contribution in [0.3, 0.4) is 0 Å². The Morgan fingerprint density at radius 1 is 0.727 bits per heavy atom. The van der Waals surface area contributed by atoms with Gasteiger partial charge in [-0.1, -0.05) is 51.9 Å². The normalized spacial score (nSPS) is 36.6. The van der Waals surface area contributed by atoms with Crippen LogP contribution in [0.2, 0.25) is 0 Å². The fraction of sp³-hybridized carbons (Fsp3) is 0.962. The molecule has 5 rings (SSSR count). The molecule has 1 amide bonds. The van der Waals surface area contributed by atoms with Crippen molar-refractivity contribution in [1.29, 1.82) is 0 Å². The molecule has 7 heteroatoms. The Hall–Kier alpha value is -0.730. The molecule has 5 atom stereocenters. The monoisotopic (exact) mass is 465 g/mol. The summed E-state index contributed by atoms with van der Waals surface area (Å²) in [7, 11) is 0. The van der Waals surface area contributed by atoms with Crippen LogP contribution >= 0.6 is 0 Å². The number of fused-ring (bicyclic) bond motifs is 3. The summed E-state index contributed by atoms with van der Waals surface area (Å²) in [6, 6.07) is 0. The first-order valence-corrected chi connectivity index (χ1v) is 13.8. The van der Waals surface area contributed by atoms with Crippen LogP contribution in [0.25, 0.3) is 0 Å². The van der Waals surface area contributed by atoms with E-state index in [2.05, 4.69) is 12.2 Å².